The average molecular weight is 420 g/mol. The number of anilines is 2. The number of furan rings is 1. The van der Waals surface area contributed by atoms with E-state index in [1.165, 1.54) is 6.26 Å². The minimum Gasteiger partial charge on any atom is -0.459 e. The van der Waals surface area contributed by atoms with Gasteiger partial charge in [0.15, 0.2) is 5.76 Å². The number of carbonyl (C=O) groups is 1. The van der Waals surface area contributed by atoms with Crippen molar-refractivity contribution >= 4 is 41.0 Å². The molecule has 1 fully saturated rings. The molecule has 1 aliphatic heterocycles. The van der Waals surface area contributed by atoms with E-state index in [0.717, 1.165) is 0 Å². The molecule has 0 atom stereocenters. The van der Waals surface area contributed by atoms with Gasteiger partial charge in [-0.15, -0.1) is 12.4 Å². The van der Waals surface area contributed by atoms with Crippen molar-refractivity contribution in [1.82, 2.24) is 14.9 Å². The summed E-state index contributed by atoms with van der Waals surface area (Å²) < 4.78 is 5.18. The molecule has 3 heterocycles. The highest BCUT2D eigenvalue weighted by Crippen LogP contribution is 2.26. The number of nitrogens with zero attached hydrogens (tertiary/aromatic N) is 4. The SMILES string of the molecule is Cl.Nc1nc(N2CCN(C(=O)c3ccco3)CC2)nc2cc(CO)c(CO)cc12. The van der Waals surface area contributed by atoms with E-state index in [9.17, 15) is 15.0 Å². The van der Waals surface area contributed by atoms with E-state index in [1.54, 1.807) is 29.2 Å². The minimum absolute atomic E-state index is 0. The number of aliphatic hydroxyl groups excluding tert-OH is 2. The predicted molar refractivity (Wildman–Crippen MR) is 110 cm³/mol. The van der Waals surface area contributed by atoms with Gasteiger partial charge >= 0.3 is 0 Å². The summed E-state index contributed by atoms with van der Waals surface area (Å²) in [5.41, 5.74) is 7.93. The summed E-state index contributed by atoms with van der Waals surface area (Å²) in [7, 11) is 0. The predicted octanol–water partition coefficient (Wildman–Crippen LogP) is 1.17. The van der Waals surface area contributed by atoms with E-state index in [0.29, 0.717) is 65.7 Å². The van der Waals surface area contributed by atoms with Crippen LogP contribution in [0.1, 0.15) is 21.7 Å². The fourth-order valence-corrected chi connectivity index (χ4v) is 3.38. The first kappa shape index (κ1) is 20.8. The molecular formula is C19H22ClN5O4. The zero-order chi connectivity index (χ0) is 19.7. The van der Waals surface area contributed by atoms with Crippen molar-refractivity contribution in [3.63, 3.8) is 0 Å². The van der Waals surface area contributed by atoms with E-state index >= 15 is 0 Å². The van der Waals surface area contributed by atoms with Crippen LogP contribution < -0.4 is 10.6 Å². The summed E-state index contributed by atoms with van der Waals surface area (Å²) in [5.74, 6) is 0.993. The van der Waals surface area contributed by atoms with Gasteiger partial charge in [0.2, 0.25) is 5.95 Å². The van der Waals surface area contributed by atoms with Crippen LogP contribution in [0.25, 0.3) is 10.9 Å². The maximum atomic E-state index is 12.4. The van der Waals surface area contributed by atoms with Crippen molar-refractivity contribution in [2.24, 2.45) is 0 Å². The maximum Gasteiger partial charge on any atom is 0.289 e. The summed E-state index contributed by atoms with van der Waals surface area (Å²) in [5, 5.41) is 19.6. The Bertz CT molecular complexity index is 1000. The molecule has 4 rings (SSSR count). The number of aromatic nitrogens is 2. The molecule has 0 unspecified atom stereocenters. The smallest absolute Gasteiger partial charge is 0.289 e. The van der Waals surface area contributed by atoms with E-state index in [2.05, 4.69) is 9.97 Å². The highest BCUT2D eigenvalue weighted by atomic mass is 35.5. The van der Waals surface area contributed by atoms with Crippen molar-refractivity contribution in [3.05, 3.63) is 47.4 Å². The van der Waals surface area contributed by atoms with Crippen LogP contribution in [0.5, 0.6) is 0 Å². The number of rotatable bonds is 4. The van der Waals surface area contributed by atoms with Crippen molar-refractivity contribution in [3.8, 4) is 0 Å². The van der Waals surface area contributed by atoms with Crippen molar-refractivity contribution < 1.29 is 19.4 Å². The number of hydrogen-bond donors (Lipinski definition) is 3. The van der Waals surface area contributed by atoms with Crippen LogP contribution in [-0.2, 0) is 13.2 Å². The zero-order valence-corrected chi connectivity index (χ0v) is 16.4. The topological polar surface area (TPSA) is 129 Å². The third kappa shape index (κ3) is 3.98. The Morgan fingerprint density at radius 3 is 2.41 bits per heavy atom. The number of halogens is 1. The van der Waals surface area contributed by atoms with Gasteiger partial charge in [0.25, 0.3) is 5.91 Å². The van der Waals surface area contributed by atoms with Crippen LogP contribution >= 0.6 is 12.4 Å². The Labute approximate surface area is 173 Å². The number of benzene rings is 1. The quantitative estimate of drug-likeness (QED) is 0.574. The fourth-order valence-electron chi connectivity index (χ4n) is 3.38. The molecule has 1 aliphatic rings. The summed E-state index contributed by atoms with van der Waals surface area (Å²) in [6, 6.07) is 6.78. The number of amides is 1. The van der Waals surface area contributed by atoms with Crippen molar-refractivity contribution in [2.45, 2.75) is 13.2 Å². The van der Waals surface area contributed by atoms with Crippen molar-refractivity contribution in [2.75, 3.05) is 36.8 Å². The number of nitrogens with two attached hydrogens (primary N) is 1. The molecule has 2 aromatic heterocycles. The second-order valence-electron chi connectivity index (χ2n) is 6.62. The van der Waals surface area contributed by atoms with E-state index in [-0.39, 0.29) is 31.5 Å². The lowest BCUT2D eigenvalue weighted by Crippen LogP contribution is -2.49. The maximum absolute atomic E-state index is 12.4. The lowest BCUT2D eigenvalue weighted by Gasteiger charge is -2.34. The molecule has 1 saturated heterocycles. The van der Waals surface area contributed by atoms with Crippen LogP contribution in [0.15, 0.2) is 34.9 Å². The number of hydrogen-bond acceptors (Lipinski definition) is 8. The molecule has 3 aromatic rings. The highest BCUT2D eigenvalue weighted by Gasteiger charge is 2.25. The third-order valence-electron chi connectivity index (χ3n) is 4.96. The van der Waals surface area contributed by atoms with Gasteiger partial charge in [-0.05, 0) is 35.4 Å². The standard InChI is InChI=1S/C19H21N5O4.ClH/c20-17-14-8-12(10-25)13(11-26)9-15(14)21-19(22-17)24-5-3-23(4-6-24)18(27)16-2-1-7-28-16;/h1-2,7-9,25-26H,3-6,10-11H2,(H2,20,21,22);1H. The van der Waals surface area contributed by atoms with Gasteiger partial charge in [-0.3, -0.25) is 4.79 Å². The Balaban J connectivity index is 0.00000240. The molecule has 10 heteroatoms. The molecule has 0 radical (unpaired) electrons. The number of fused-ring (bicyclic) bond motifs is 1. The van der Waals surface area contributed by atoms with Crippen LogP contribution in [0.4, 0.5) is 11.8 Å². The second-order valence-corrected chi connectivity index (χ2v) is 6.62. The first-order valence-electron chi connectivity index (χ1n) is 8.99. The molecule has 29 heavy (non-hydrogen) atoms. The second kappa shape index (κ2) is 8.64. The Kier molecular flexibility index (Phi) is 6.21. The average Bonchev–Trinajstić information content (AvgIpc) is 3.27. The molecule has 1 amide bonds. The van der Waals surface area contributed by atoms with Gasteiger partial charge in [-0.25, -0.2) is 4.98 Å². The van der Waals surface area contributed by atoms with Gasteiger partial charge < -0.3 is 30.2 Å². The zero-order valence-electron chi connectivity index (χ0n) is 15.6. The van der Waals surface area contributed by atoms with E-state index in [4.69, 9.17) is 10.2 Å². The fraction of sp³-hybridized carbons (Fsp3) is 0.316. The molecule has 0 spiro atoms. The van der Waals surface area contributed by atoms with Crippen LogP contribution in [0.2, 0.25) is 0 Å². The van der Waals surface area contributed by atoms with E-state index in [1.807, 2.05) is 4.90 Å². The molecule has 0 saturated carbocycles. The Morgan fingerprint density at radius 2 is 1.79 bits per heavy atom. The molecular weight excluding hydrogens is 398 g/mol. The normalized spacial score (nSPS) is 14.1. The largest absolute Gasteiger partial charge is 0.459 e. The highest BCUT2D eigenvalue weighted by molar-refractivity contribution is 5.92. The summed E-state index contributed by atoms with van der Waals surface area (Å²) in [6.45, 7) is 1.79. The van der Waals surface area contributed by atoms with Crippen LogP contribution in [-0.4, -0.2) is 57.2 Å². The Morgan fingerprint density at radius 1 is 1.10 bits per heavy atom. The van der Waals surface area contributed by atoms with Gasteiger partial charge in [-0.1, -0.05) is 0 Å². The third-order valence-corrected chi connectivity index (χ3v) is 4.96. The lowest BCUT2D eigenvalue weighted by molar-refractivity contribution is 0.0714. The summed E-state index contributed by atoms with van der Waals surface area (Å²) >= 11 is 0. The number of carbonyl (C=O) groups excluding carboxylic acids is 1. The van der Waals surface area contributed by atoms with Gasteiger partial charge in [0.1, 0.15) is 5.82 Å². The van der Waals surface area contributed by atoms with Crippen LogP contribution in [0.3, 0.4) is 0 Å². The first-order valence-corrected chi connectivity index (χ1v) is 8.99. The number of piperazine rings is 1. The number of nitrogen functional groups attached to an aromatic ring is 1. The molecule has 0 bridgehead atoms. The summed E-state index contributed by atoms with van der Waals surface area (Å²) in [6.07, 6.45) is 1.48. The monoisotopic (exact) mass is 419 g/mol. The van der Waals surface area contributed by atoms with Crippen LogP contribution in [0, 0.1) is 0 Å². The molecule has 4 N–H and O–H groups in total. The molecule has 0 aliphatic carbocycles. The van der Waals surface area contributed by atoms with Crippen molar-refractivity contribution in [1.29, 1.82) is 0 Å². The van der Waals surface area contributed by atoms with Gasteiger partial charge in [-0.2, -0.15) is 4.98 Å². The van der Waals surface area contributed by atoms with E-state index < -0.39 is 0 Å². The molecule has 1 aromatic carbocycles. The molecule has 9 nitrogen and oxygen atoms in total. The lowest BCUT2D eigenvalue weighted by atomic mass is 10.1. The Hall–Kier alpha value is -2.88. The first-order chi connectivity index (χ1) is 13.6. The molecule has 154 valence electrons. The minimum atomic E-state index is -0.196. The van der Waals surface area contributed by atoms with Gasteiger partial charge in [0, 0.05) is 31.6 Å². The summed E-state index contributed by atoms with van der Waals surface area (Å²) in [4.78, 5) is 25.1. The van der Waals surface area contributed by atoms with Gasteiger partial charge in [0.05, 0.1) is 25.0 Å². The number of aliphatic hydroxyl groups is 2.